The first kappa shape index (κ1) is 27.8. The molecule has 4 heterocycles. The first-order valence-corrected chi connectivity index (χ1v) is 14.2. The Morgan fingerprint density at radius 1 is 1.07 bits per heavy atom. The van der Waals surface area contributed by atoms with Gasteiger partial charge in [-0.3, -0.25) is 9.78 Å². The molecular weight excluding hydrogens is 520 g/mol. The topological polar surface area (TPSA) is 64.9 Å². The number of carbonyl (C=O) groups is 1. The summed E-state index contributed by atoms with van der Waals surface area (Å²) in [6, 6.07) is 12.3. The molecule has 0 saturated carbocycles. The van der Waals surface area contributed by atoms with Crippen molar-refractivity contribution in [1.29, 1.82) is 0 Å². The highest BCUT2D eigenvalue weighted by Crippen LogP contribution is 2.41. The van der Waals surface area contributed by atoms with Crippen LogP contribution in [0.5, 0.6) is 0 Å². The van der Waals surface area contributed by atoms with Crippen LogP contribution in [-0.4, -0.2) is 63.4 Å². The molecule has 1 aromatic carbocycles. The van der Waals surface area contributed by atoms with Crippen LogP contribution in [0.2, 0.25) is 5.02 Å². The number of carbonyl (C=O) groups excluding carboxylic acids is 1. The van der Waals surface area contributed by atoms with E-state index in [1.54, 1.807) is 0 Å². The lowest BCUT2D eigenvalue weighted by molar-refractivity contribution is -0.130. The zero-order chi connectivity index (χ0) is 28.7. The van der Waals surface area contributed by atoms with Crippen LogP contribution in [0.25, 0.3) is 11.3 Å². The van der Waals surface area contributed by atoms with Gasteiger partial charge in [-0.2, -0.15) is 0 Å². The number of rotatable bonds is 4. The molecule has 5 rings (SSSR count). The van der Waals surface area contributed by atoms with Crippen molar-refractivity contribution >= 4 is 34.8 Å². The number of amides is 1. The van der Waals surface area contributed by atoms with Gasteiger partial charge >= 0.3 is 0 Å². The van der Waals surface area contributed by atoms with E-state index in [1.165, 1.54) is 6.08 Å². The molecular formula is C32H37ClN6O. The Morgan fingerprint density at radius 3 is 2.52 bits per heavy atom. The molecule has 2 aromatic heterocycles. The van der Waals surface area contributed by atoms with Gasteiger partial charge in [-0.25, -0.2) is 9.98 Å². The number of hydrogen-bond donors (Lipinski definition) is 0. The number of aromatic nitrogens is 2. The van der Waals surface area contributed by atoms with Gasteiger partial charge in [0.05, 0.1) is 27.7 Å². The smallest absolute Gasteiger partial charge is 0.246 e. The molecule has 208 valence electrons. The molecule has 2 atom stereocenters. The number of fused-ring (bicyclic) bond motifs is 1. The molecule has 0 unspecified atom stereocenters. The number of amidine groups is 1. The number of benzene rings is 1. The summed E-state index contributed by atoms with van der Waals surface area (Å²) in [5.41, 5.74) is 6.92. The molecule has 0 radical (unpaired) electrons. The minimum Gasteiger partial charge on any atom is -0.350 e. The molecule has 0 spiro atoms. The quantitative estimate of drug-likeness (QED) is 0.343. The van der Waals surface area contributed by atoms with Gasteiger partial charge in [-0.05, 0) is 62.9 Å². The SMILES string of the molecule is C=CC(=O)N1C[C@H](C)N(C2=NCN(c3c(C)ccnc3C(C)C)c3nc(-c4ccccc4C)c(Cl)cc32)C[C@H]1C. The summed E-state index contributed by atoms with van der Waals surface area (Å²) in [4.78, 5) is 34.0. The minimum atomic E-state index is -0.0444. The normalized spacial score (nSPS) is 19.0. The van der Waals surface area contributed by atoms with Crippen molar-refractivity contribution in [1.82, 2.24) is 19.8 Å². The maximum Gasteiger partial charge on any atom is 0.246 e. The Labute approximate surface area is 242 Å². The summed E-state index contributed by atoms with van der Waals surface area (Å²) in [7, 11) is 0. The maximum atomic E-state index is 12.5. The summed E-state index contributed by atoms with van der Waals surface area (Å²) in [6.45, 7) is 18.0. The van der Waals surface area contributed by atoms with E-state index < -0.39 is 0 Å². The third-order valence-corrected chi connectivity index (χ3v) is 8.19. The van der Waals surface area contributed by atoms with Gasteiger partial charge < -0.3 is 14.7 Å². The van der Waals surface area contributed by atoms with Crippen LogP contribution >= 0.6 is 11.6 Å². The molecule has 8 heteroatoms. The van der Waals surface area contributed by atoms with E-state index in [1.807, 2.05) is 35.4 Å². The number of nitrogens with zero attached hydrogens (tertiary/aromatic N) is 6. The molecule has 0 bridgehead atoms. The van der Waals surface area contributed by atoms with E-state index in [4.69, 9.17) is 26.6 Å². The molecule has 0 N–H and O–H groups in total. The van der Waals surface area contributed by atoms with Crippen LogP contribution in [0.1, 0.15) is 56.0 Å². The van der Waals surface area contributed by atoms with Crippen molar-refractivity contribution in [2.45, 2.75) is 59.5 Å². The lowest BCUT2D eigenvalue weighted by Gasteiger charge is -2.46. The van der Waals surface area contributed by atoms with Crippen LogP contribution in [0, 0.1) is 13.8 Å². The van der Waals surface area contributed by atoms with Gasteiger partial charge in [0.2, 0.25) is 5.91 Å². The van der Waals surface area contributed by atoms with Crippen LogP contribution < -0.4 is 4.90 Å². The molecule has 1 amide bonds. The number of aryl methyl sites for hydroxylation is 2. The van der Waals surface area contributed by atoms with Gasteiger partial charge in [0.15, 0.2) is 0 Å². The van der Waals surface area contributed by atoms with Crippen molar-refractivity contribution in [3.05, 3.63) is 82.7 Å². The second-order valence-electron chi connectivity index (χ2n) is 11.1. The van der Waals surface area contributed by atoms with Crippen molar-refractivity contribution in [3.63, 3.8) is 0 Å². The number of halogens is 1. The van der Waals surface area contributed by atoms with E-state index in [-0.39, 0.29) is 23.9 Å². The number of piperazine rings is 1. The van der Waals surface area contributed by atoms with Gasteiger partial charge in [0.1, 0.15) is 18.3 Å². The van der Waals surface area contributed by atoms with Crippen LogP contribution in [0.4, 0.5) is 11.5 Å². The van der Waals surface area contributed by atoms with Crippen molar-refractivity contribution in [2.24, 2.45) is 4.99 Å². The molecule has 2 aliphatic heterocycles. The Kier molecular flexibility index (Phi) is 7.69. The zero-order valence-corrected chi connectivity index (χ0v) is 24.9. The van der Waals surface area contributed by atoms with Gasteiger partial charge in [0.25, 0.3) is 0 Å². The van der Waals surface area contributed by atoms with Crippen LogP contribution in [0.15, 0.2) is 60.2 Å². The van der Waals surface area contributed by atoms with Crippen LogP contribution in [-0.2, 0) is 4.79 Å². The summed E-state index contributed by atoms with van der Waals surface area (Å²) in [5, 5.41) is 0.579. The predicted octanol–water partition coefficient (Wildman–Crippen LogP) is 6.50. The number of anilines is 2. The fourth-order valence-electron chi connectivity index (χ4n) is 5.78. The predicted molar refractivity (Wildman–Crippen MR) is 164 cm³/mol. The van der Waals surface area contributed by atoms with Gasteiger partial charge in [-0.1, -0.05) is 56.3 Å². The third-order valence-electron chi connectivity index (χ3n) is 7.90. The Hall–Kier alpha value is -3.71. The van der Waals surface area contributed by atoms with Crippen molar-refractivity contribution in [2.75, 3.05) is 24.7 Å². The van der Waals surface area contributed by atoms with E-state index in [0.29, 0.717) is 24.8 Å². The average Bonchev–Trinajstić information content (AvgIpc) is 2.93. The average molecular weight is 557 g/mol. The molecule has 1 fully saturated rings. The Morgan fingerprint density at radius 2 is 1.82 bits per heavy atom. The number of aliphatic imine (C=N–C) groups is 1. The van der Waals surface area contributed by atoms with Crippen molar-refractivity contribution < 1.29 is 4.79 Å². The zero-order valence-electron chi connectivity index (χ0n) is 24.1. The molecule has 7 nitrogen and oxygen atoms in total. The van der Waals surface area contributed by atoms with Crippen molar-refractivity contribution in [3.8, 4) is 11.3 Å². The molecule has 2 aliphatic rings. The summed E-state index contributed by atoms with van der Waals surface area (Å²) in [5.74, 6) is 1.85. The Balaban J connectivity index is 1.67. The first-order valence-electron chi connectivity index (χ1n) is 13.9. The van der Waals surface area contributed by atoms with Gasteiger partial charge in [0, 0.05) is 36.9 Å². The molecule has 40 heavy (non-hydrogen) atoms. The summed E-state index contributed by atoms with van der Waals surface area (Å²) >= 11 is 7.00. The summed E-state index contributed by atoms with van der Waals surface area (Å²) < 4.78 is 0. The van der Waals surface area contributed by atoms with E-state index in [0.717, 1.165) is 51.0 Å². The highest BCUT2D eigenvalue weighted by Gasteiger charge is 2.37. The molecule has 0 aliphatic carbocycles. The fraction of sp³-hybridized carbons (Fsp3) is 0.375. The van der Waals surface area contributed by atoms with E-state index in [2.05, 4.69) is 70.1 Å². The minimum absolute atomic E-state index is 0.00802. The monoisotopic (exact) mass is 556 g/mol. The third kappa shape index (κ3) is 4.87. The number of hydrogen-bond acceptors (Lipinski definition) is 6. The highest BCUT2D eigenvalue weighted by molar-refractivity contribution is 6.33. The molecule has 3 aromatic rings. The maximum absolute atomic E-state index is 12.5. The highest BCUT2D eigenvalue weighted by atomic mass is 35.5. The molecule has 1 saturated heterocycles. The second kappa shape index (κ2) is 11.0. The second-order valence-corrected chi connectivity index (χ2v) is 11.5. The van der Waals surface area contributed by atoms with Gasteiger partial charge in [-0.15, -0.1) is 0 Å². The standard InChI is InChI=1S/C32H37ClN6O/c1-8-27(40)37-16-23(7)38(17-22(37)6)31-25-15-26(33)29(24-12-10-9-11-20(24)4)36-32(25)39(18-35-31)30-21(5)13-14-34-28(30)19(2)3/h8-15,19,22-23H,1,16-18H2,2-7H3/t22-,23+/m1/s1. The lowest BCUT2D eigenvalue weighted by atomic mass is 10.00. The fourth-order valence-corrected chi connectivity index (χ4v) is 6.03. The summed E-state index contributed by atoms with van der Waals surface area (Å²) in [6.07, 6.45) is 3.26. The van der Waals surface area contributed by atoms with E-state index >= 15 is 0 Å². The van der Waals surface area contributed by atoms with Crippen LogP contribution in [0.3, 0.4) is 0 Å². The largest absolute Gasteiger partial charge is 0.350 e. The first-order chi connectivity index (χ1) is 19.1. The Bertz CT molecular complexity index is 1500. The number of pyridine rings is 2. The van der Waals surface area contributed by atoms with E-state index in [9.17, 15) is 4.79 Å². The lowest BCUT2D eigenvalue weighted by Crippen LogP contribution is -2.59.